The number of nitrogens with zero attached hydrogens (tertiary/aromatic N) is 1. The lowest BCUT2D eigenvalue weighted by Gasteiger charge is -1.98. The van der Waals surface area contributed by atoms with Crippen LogP contribution in [0.2, 0.25) is 0 Å². The Morgan fingerprint density at radius 3 is 2.56 bits per heavy atom. The second kappa shape index (κ2) is 3.55. The Hall–Kier alpha value is -1.98. The summed E-state index contributed by atoms with van der Waals surface area (Å²) in [6.45, 7) is 0. The molecule has 0 atom stereocenters. The molecule has 84 valence electrons. The van der Waals surface area contributed by atoms with Crippen molar-refractivity contribution < 1.29 is 22.7 Å². The van der Waals surface area contributed by atoms with E-state index >= 15 is 0 Å². The van der Waals surface area contributed by atoms with Crippen LogP contribution in [0.1, 0.15) is 5.69 Å². The highest BCUT2D eigenvalue weighted by Gasteiger charge is 2.34. The van der Waals surface area contributed by atoms with Crippen molar-refractivity contribution in [3.8, 4) is 17.2 Å². The summed E-state index contributed by atoms with van der Waals surface area (Å²) in [6.07, 6.45) is -3.99. The first kappa shape index (κ1) is 10.5. The van der Waals surface area contributed by atoms with Gasteiger partial charge in [-0.05, 0) is 18.2 Å². The van der Waals surface area contributed by atoms with Gasteiger partial charge in [-0.25, -0.2) is 4.98 Å². The number of alkyl halides is 3. The molecule has 1 N–H and O–H groups in total. The number of rotatable bonds is 1. The standard InChI is InChI=1S/C10H6F3NO2/c11-10(12,13)8-5-16-9(14-8)6-2-1-3-7(15)4-6/h1-5,15H. The van der Waals surface area contributed by atoms with Crippen molar-refractivity contribution in [2.75, 3.05) is 0 Å². The molecule has 0 bridgehead atoms. The van der Waals surface area contributed by atoms with Crippen LogP contribution in [0.4, 0.5) is 13.2 Å². The van der Waals surface area contributed by atoms with E-state index in [1.807, 2.05) is 0 Å². The number of aromatic hydroxyl groups is 1. The third kappa shape index (κ3) is 2.00. The highest BCUT2D eigenvalue weighted by atomic mass is 19.4. The number of oxazole rings is 1. The minimum absolute atomic E-state index is 0.0655. The van der Waals surface area contributed by atoms with Crippen molar-refractivity contribution in [1.82, 2.24) is 4.98 Å². The molecule has 2 rings (SSSR count). The second-order valence-corrected chi connectivity index (χ2v) is 3.09. The van der Waals surface area contributed by atoms with Gasteiger partial charge >= 0.3 is 6.18 Å². The molecular weight excluding hydrogens is 223 g/mol. The first-order chi connectivity index (χ1) is 7.47. The summed E-state index contributed by atoms with van der Waals surface area (Å²) in [5.74, 6) is -0.243. The molecule has 0 unspecified atom stereocenters. The van der Waals surface area contributed by atoms with Crippen LogP contribution in [-0.2, 0) is 6.18 Å². The third-order valence-electron chi connectivity index (χ3n) is 1.89. The Balaban J connectivity index is 2.39. The molecule has 0 spiro atoms. The predicted molar refractivity (Wildman–Crippen MR) is 48.6 cm³/mol. The summed E-state index contributed by atoms with van der Waals surface area (Å²) in [5.41, 5.74) is -0.804. The van der Waals surface area contributed by atoms with Gasteiger partial charge in [0, 0.05) is 5.56 Å². The largest absolute Gasteiger partial charge is 0.508 e. The fraction of sp³-hybridized carbons (Fsp3) is 0.100. The number of phenols is 1. The van der Waals surface area contributed by atoms with Crippen LogP contribution in [0.5, 0.6) is 5.75 Å². The van der Waals surface area contributed by atoms with Crippen LogP contribution in [-0.4, -0.2) is 10.1 Å². The van der Waals surface area contributed by atoms with Gasteiger partial charge in [-0.3, -0.25) is 0 Å². The van der Waals surface area contributed by atoms with E-state index in [1.54, 1.807) is 0 Å². The Morgan fingerprint density at radius 2 is 2.00 bits per heavy atom. The fourth-order valence-electron chi connectivity index (χ4n) is 1.18. The van der Waals surface area contributed by atoms with Crippen LogP contribution in [0, 0.1) is 0 Å². The average Bonchev–Trinajstić information content (AvgIpc) is 2.65. The maximum atomic E-state index is 12.2. The van der Waals surface area contributed by atoms with Gasteiger partial charge in [0.05, 0.1) is 0 Å². The van der Waals surface area contributed by atoms with E-state index in [0.717, 1.165) is 0 Å². The molecule has 0 saturated carbocycles. The normalized spacial score (nSPS) is 11.7. The van der Waals surface area contributed by atoms with Gasteiger partial charge in [-0.15, -0.1) is 0 Å². The third-order valence-corrected chi connectivity index (χ3v) is 1.89. The Bertz CT molecular complexity index is 505. The highest BCUT2D eigenvalue weighted by Crippen LogP contribution is 2.31. The summed E-state index contributed by atoms with van der Waals surface area (Å²) in [7, 11) is 0. The number of halogens is 3. The van der Waals surface area contributed by atoms with Gasteiger partial charge in [0.15, 0.2) is 5.69 Å². The molecule has 0 aliphatic carbocycles. The molecule has 16 heavy (non-hydrogen) atoms. The molecule has 1 heterocycles. The molecule has 0 aliphatic rings. The summed E-state index contributed by atoms with van der Waals surface area (Å²) >= 11 is 0. The van der Waals surface area contributed by atoms with Crippen LogP contribution in [0.3, 0.4) is 0 Å². The predicted octanol–water partition coefficient (Wildman–Crippen LogP) is 3.07. The van der Waals surface area contributed by atoms with Gasteiger partial charge in [-0.2, -0.15) is 13.2 Å². The number of phenolic OH excluding ortho intramolecular Hbond substituents is 1. The first-order valence-electron chi connectivity index (χ1n) is 4.29. The van der Waals surface area contributed by atoms with E-state index in [-0.39, 0.29) is 17.2 Å². The van der Waals surface area contributed by atoms with Gasteiger partial charge in [0.1, 0.15) is 12.0 Å². The Morgan fingerprint density at radius 1 is 1.25 bits per heavy atom. The lowest BCUT2D eigenvalue weighted by atomic mass is 10.2. The highest BCUT2D eigenvalue weighted by molar-refractivity contribution is 5.55. The topological polar surface area (TPSA) is 46.3 Å². The van der Waals surface area contributed by atoms with Crippen molar-refractivity contribution in [1.29, 1.82) is 0 Å². The minimum atomic E-state index is -4.53. The van der Waals surface area contributed by atoms with Gasteiger partial charge < -0.3 is 9.52 Å². The smallest absolute Gasteiger partial charge is 0.436 e. The molecule has 0 saturated heterocycles. The summed E-state index contributed by atoms with van der Waals surface area (Å²) in [6, 6.07) is 5.65. The number of hydrogen-bond acceptors (Lipinski definition) is 3. The van der Waals surface area contributed by atoms with Crippen LogP contribution < -0.4 is 0 Å². The molecule has 0 aliphatic heterocycles. The van der Waals surface area contributed by atoms with E-state index in [4.69, 9.17) is 5.11 Å². The quantitative estimate of drug-likeness (QED) is 0.817. The van der Waals surface area contributed by atoms with Gasteiger partial charge in [0.2, 0.25) is 5.89 Å². The van der Waals surface area contributed by atoms with Crippen molar-refractivity contribution >= 4 is 0 Å². The molecule has 0 radical (unpaired) electrons. The van der Waals surface area contributed by atoms with Gasteiger partial charge in [0.25, 0.3) is 0 Å². The zero-order valence-electron chi connectivity index (χ0n) is 7.82. The zero-order valence-corrected chi connectivity index (χ0v) is 7.82. The molecule has 0 amide bonds. The van der Waals surface area contributed by atoms with Crippen LogP contribution in [0.25, 0.3) is 11.5 Å². The maximum Gasteiger partial charge on any atom is 0.436 e. The zero-order chi connectivity index (χ0) is 11.8. The van der Waals surface area contributed by atoms with Crippen LogP contribution in [0.15, 0.2) is 34.9 Å². The molecule has 1 aromatic heterocycles. The first-order valence-corrected chi connectivity index (χ1v) is 4.29. The SMILES string of the molecule is Oc1cccc(-c2nc(C(F)(F)F)co2)c1. The Kier molecular flexibility index (Phi) is 2.34. The van der Waals surface area contributed by atoms with Crippen molar-refractivity contribution in [3.05, 3.63) is 36.2 Å². The lowest BCUT2D eigenvalue weighted by molar-refractivity contribution is -0.141. The second-order valence-electron chi connectivity index (χ2n) is 3.09. The molecule has 1 aromatic carbocycles. The van der Waals surface area contributed by atoms with Crippen molar-refractivity contribution in [3.63, 3.8) is 0 Å². The molecule has 0 fully saturated rings. The number of aromatic nitrogens is 1. The maximum absolute atomic E-state index is 12.2. The molecule has 3 nitrogen and oxygen atoms in total. The fourth-order valence-corrected chi connectivity index (χ4v) is 1.18. The average molecular weight is 229 g/mol. The van der Waals surface area contributed by atoms with E-state index in [2.05, 4.69) is 9.40 Å². The van der Waals surface area contributed by atoms with E-state index < -0.39 is 11.9 Å². The van der Waals surface area contributed by atoms with E-state index in [0.29, 0.717) is 6.26 Å². The molecule has 6 heteroatoms. The minimum Gasteiger partial charge on any atom is -0.508 e. The lowest BCUT2D eigenvalue weighted by Crippen LogP contribution is -2.04. The number of benzene rings is 1. The van der Waals surface area contributed by atoms with E-state index in [9.17, 15) is 13.2 Å². The summed E-state index contributed by atoms with van der Waals surface area (Å²) in [5, 5.41) is 9.15. The van der Waals surface area contributed by atoms with E-state index in [1.165, 1.54) is 24.3 Å². The monoisotopic (exact) mass is 229 g/mol. The summed E-state index contributed by atoms with van der Waals surface area (Å²) < 4.78 is 41.4. The molecule has 2 aromatic rings. The van der Waals surface area contributed by atoms with Gasteiger partial charge in [-0.1, -0.05) is 6.07 Å². The van der Waals surface area contributed by atoms with Crippen molar-refractivity contribution in [2.45, 2.75) is 6.18 Å². The van der Waals surface area contributed by atoms with Crippen LogP contribution >= 0.6 is 0 Å². The van der Waals surface area contributed by atoms with Crippen molar-refractivity contribution in [2.24, 2.45) is 0 Å². The Labute approximate surface area is 88.2 Å². The molecular formula is C10H6F3NO2. The number of hydrogen-bond donors (Lipinski definition) is 1. The summed E-state index contributed by atoms with van der Waals surface area (Å²) in [4.78, 5) is 3.29.